The van der Waals surface area contributed by atoms with Gasteiger partial charge in [-0.3, -0.25) is 19.7 Å². The van der Waals surface area contributed by atoms with Gasteiger partial charge in [0.25, 0.3) is 17.5 Å². The Labute approximate surface area is 188 Å². The Kier molecular flexibility index (Phi) is 8.47. The van der Waals surface area contributed by atoms with Crippen LogP contribution in [0.4, 0.5) is 5.69 Å². The van der Waals surface area contributed by atoms with Crippen LogP contribution in [0, 0.1) is 10.1 Å². The summed E-state index contributed by atoms with van der Waals surface area (Å²) < 4.78 is 20.7. The van der Waals surface area contributed by atoms with Gasteiger partial charge in [0.1, 0.15) is 0 Å². The zero-order valence-corrected chi connectivity index (χ0v) is 18.4. The molecule has 11 nitrogen and oxygen atoms in total. The van der Waals surface area contributed by atoms with Gasteiger partial charge in [0.15, 0.2) is 29.6 Å². The van der Waals surface area contributed by atoms with Crippen molar-refractivity contribution >= 4 is 29.1 Å². The number of carbonyl (C=O) groups is 2. The van der Waals surface area contributed by atoms with Crippen molar-refractivity contribution in [3.8, 4) is 23.0 Å². The molecule has 0 aliphatic carbocycles. The summed E-state index contributed by atoms with van der Waals surface area (Å²) in [5.74, 6) is -0.413. The first kappa shape index (κ1) is 24.5. The molecule has 0 saturated carbocycles. The molecule has 2 aromatic rings. The van der Waals surface area contributed by atoms with E-state index in [0.29, 0.717) is 11.3 Å². The minimum Gasteiger partial charge on any atom is -0.493 e. The van der Waals surface area contributed by atoms with E-state index in [1.54, 1.807) is 0 Å². The number of hydrogen-bond acceptors (Lipinski definition) is 8. The first-order chi connectivity index (χ1) is 15.2. The lowest BCUT2D eigenvalue weighted by Gasteiger charge is -2.14. The highest BCUT2D eigenvalue weighted by Gasteiger charge is 2.20. The number of nitro benzene ring substituents is 1. The zero-order chi connectivity index (χ0) is 23.8. The molecule has 0 bridgehead atoms. The maximum Gasteiger partial charge on any atom is 0.276 e. The number of nitro groups is 1. The van der Waals surface area contributed by atoms with E-state index < -0.39 is 23.3 Å². The summed E-state index contributed by atoms with van der Waals surface area (Å²) in [7, 11) is 4.15. The first-order valence-electron chi connectivity index (χ1n) is 9.17. The van der Waals surface area contributed by atoms with Gasteiger partial charge >= 0.3 is 0 Å². The molecule has 0 fully saturated rings. The van der Waals surface area contributed by atoms with Gasteiger partial charge in [-0.1, -0.05) is 11.6 Å². The predicted molar refractivity (Wildman–Crippen MR) is 115 cm³/mol. The zero-order valence-electron chi connectivity index (χ0n) is 17.6. The van der Waals surface area contributed by atoms with Crippen molar-refractivity contribution in [1.82, 2.24) is 5.32 Å². The third kappa shape index (κ3) is 5.91. The molecular weight excluding hydrogens is 446 g/mol. The number of ether oxygens (including phenoxy) is 4. The van der Waals surface area contributed by atoms with Crippen LogP contribution >= 0.6 is 11.6 Å². The molecule has 0 atom stereocenters. The fourth-order valence-electron chi connectivity index (χ4n) is 2.83. The van der Waals surface area contributed by atoms with E-state index in [0.717, 1.165) is 0 Å². The number of primary amides is 1. The molecular formula is C20H22ClN3O8. The number of methoxy groups -OCH3 is 3. The third-order valence-electron chi connectivity index (χ3n) is 4.31. The van der Waals surface area contributed by atoms with Crippen molar-refractivity contribution in [2.45, 2.75) is 6.42 Å². The quantitative estimate of drug-likeness (QED) is 0.376. The predicted octanol–water partition coefficient (Wildman–Crippen LogP) is 2.11. The van der Waals surface area contributed by atoms with Gasteiger partial charge in [0.2, 0.25) is 0 Å². The highest BCUT2D eigenvalue weighted by Crippen LogP contribution is 2.37. The van der Waals surface area contributed by atoms with Crippen molar-refractivity contribution in [2.75, 3.05) is 34.5 Å². The molecule has 0 unspecified atom stereocenters. The summed E-state index contributed by atoms with van der Waals surface area (Å²) in [6.45, 7) is -0.319. The summed E-state index contributed by atoms with van der Waals surface area (Å²) in [6.07, 6.45) is 0.160. The number of nitrogens with two attached hydrogens (primary N) is 1. The van der Waals surface area contributed by atoms with E-state index in [4.69, 9.17) is 36.3 Å². The summed E-state index contributed by atoms with van der Waals surface area (Å²) in [4.78, 5) is 34.3. The largest absolute Gasteiger partial charge is 0.493 e. The Hall–Kier alpha value is -3.73. The van der Waals surface area contributed by atoms with Crippen LogP contribution < -0.4 is 30.0 Å². The van der Waals surface area contributed by atoms with Crippen molar-refractivity contribution in [3.05, 3.63) is 50.5 Å². The molecule has 3 N–H and O–H groups in total. The van der Waals surface area contributed by atoms with E-state index in [9.17, 15) is 19.7 Å². The molecule has 2 rings (SSSR count). The van der Waals surface area contributed by atoms with Gasteiger partial charge in [-0.05, 0) is 24.6 Å². The highest BCUT2D eigenvalue weighted by molar-refractivity contribution is 6.32. The van der Waals surface area contributed by atoms with E-state index in [1.807, 2.05) is 0 Å². The summed E-state index contributed by atoms with van der Waals surface area (Å²) in [6, 6.07) is 5.49. The van der Waals surface area contributed by atoms with Crippen LogP contribution in [0.2, 0.25) is 5.02 Å². The molecule has 0 aliphatic heterocycles. The second-order valence-electron chi connectivity index (χ2n) is 6.34. The Morgan fingerprint density at radius 3 is 2.25 bits per heavy atom. The van der Waals surface area contributed by atoms with Gasteiger partial charge < -0.3 is 30.0 Å². The van der Waals surface area contributed by atoms with Gasteiger partial charge in [0.05, 0.1) is 37.3 Å². The average molecular weight is 468 g/mol. The number of benzene rings is 2. The molecule has 2 aromatic carbocycles. The minimum atomic E-state index is -0.700. The second-order valence-corrected chi connectivity index (χ2v) is 6.75. The summed E-state index contributed by atoms with van der Waals surface area (Å²) >= 11 is 6.15. The van der Waals surface area contributed by atoms with E-state index in [1.165, 1.54) is 45.6 Å². The third-order valence-corrected chi connectivity index (χ3v) is 4.59. The number of rotatable bonds is 11. The Morgan fingerprint density at radius 1 is 1.06 bits per heavy atom. The van der Waals surface area contributed by atoms with Crippen LogP contribution in [0.25, 0.3) is 0 Å². The molecule has 172 valence electrons. The van der Waals surface area contributed by atoms with Crippen LogP contribution in [0.5, 0.6) is 23.0 Å². The number of hydrogen-bond donors (Lipinski definition) is 2. The maximum atomic E-state index is 12.6. The van der Waals surface area contributed by atoms with Gasteiger partial charge in [0, 0.05) is 17.7 Å². The number of carbonyl (C=O) groups excluding carboxylic acids is 2. The van der Waals surface area contributed by atoms with Crippen LogP contribution in [0.15, 0.2) is 24.3 Å². The Bertz CT molecular complexity index is 1030. The van der Waals surface area contributed by atoms with E-state index >= 15 is 0 Å². The van der Waals surface area contributed by atoms with Gasteiger partial charge in [-0.2, -0.15) is 0 Å². The summed E-state index contributed by atoms with van der Waals surface area (Å²) in [5, 5.41) is 14.1. The fourth-order valence-corrected chi connectivity index (χ4v) is 3.09. The Morgan fingerprint density at radius 2 is 1.69 bits per heavy atom. The molecule has 0 heterocycles. The number of nitrogens with zero attached hydrogens (tertiary/aromatic N) is 1. The average Bonchev–Trinajstić information content (AvgIpc) is 2.76. The lowest BCUT2D eigenvalue weighted by molar-refractivity contribution is -0.385. The monoisotopic (exact) mass is 467 g/mol. The topological polar surface area (TPSA) is 152 Å². The van der Waals surface area contributed by atoms with Gasteiger partial charge in [-0.15, -0.1) is 0 Å². The van der Waals surface area contributed by atoms with Gasteiger partial charge in [-0.25, -0.2) is 0 Å². The standard InChI is InChI=1S/C20H22ClN3O8/c1-29-15-7-11(14(24(27)28)9-16(15)30-2)4-5-23-20(26)12-6-13(21)19(17(8-12)31-3)32-10-18(22)25/h6-9H,4-5,10H2,1-3H3,(H2,22,25)(H,23,26). The lowest BCUT2D eigenvalue weighted by Crippen LogP contribution is -2.26. The second kappa shape index (κ2) is 11.0. The molecule has 0 saturated heterocycles. The van der Waals surface area contributed by atoms with Crippen molar-refractivity contribution in [1.29, 1.82) is 0 Å². The molecule has 0 aliphatic rings. The molecule has 12 heteroatoms. The number of nitrogens with one attached hydrogen (secondary N) is 1. The van der Waals surface area contributed by atoms with Crippen LogP contribution in [-0.2, 0) is 11.2 Å². The number of halogens is 1. The van der Waals surface area contributed by atoms with Crippen molar-refractivity contribution < 1.29 is 33.5 Å². The minimum absolute atomic E-state index is 0.0475. The van der Waals surface area contributed by atoms with E-state index in [2.05, 4.69) is 5.32 Å². The first-order valence-corrected chi connectivity index (χ1v) is 9.55. The van der Waals surface area contributed by atoms with Crippen LogP contribution in [-0.4, -0.2) is 51.2 Å². The SMILES string of the molecule is COc1cc(CCNC(=O)c2cc(Cl)c(OCC(N)=O)c(OC)c2)c([N+](=O)[O-])cc1OC. The molecule has 0 aromatic heterocycles. The smallest absolute Gasteiger partial charge is 0.276 e. The molecule has 2 amide bonds. The molecule has 0 spiro atoms. The normalized spacial score (nSPS) is 10.2. The Balaban J connectivity index is 2.15. The van der Waals surface area contributed by atoms with Crippen molar-refractivity contribution in [3.63, 3.8) is 0 Å². The summed E-state index contributed by atoms with van der Waals surface area (Å²) in [5.41, 5.74) is 5.43. The lowest BCUT2D eigenvalue weighted by atomic mass is 10.1. The van der Waals surface area contributed by atoms with Crippen LogP contribution in [0.3, 0.4) is 0 Å². The number of amides is 2. The van der Waals surface area contributed by atoms with Crippen LogP contribution in [0.1, 0.15) is 15.9 Å². The highest BCUT2D eigenvalue weighted by atomic mass is 35.5. The maximum absolute atomic E-state index is 12.6. The molecule has 32 heavy (non-hydrogen) atoms. The van der Waals surface area contributed by atoms with E-state index in [-0.39, 0.29) is 46.5 Å². The fraction of sp³-hybridized carbons (Fsp3) is 0.300. The molecule has 0 radical (unpaired) electrons. The van der Waals surface area contributed by atoms with Crippen molar-refractivity contribution in [2.24, 2.45) is 5.73 Å².